The van der Waals surface area contributed by atoms with Gasteiger partial charge in [0.1, 0.15) is 12.1 Å². The van der Waals surface area contributed by atoms with Gasteiger partial charge in [-0.2, -0.15) is 0 Å². The van der Waals surface area contributed by atoms with E-state index >= 15 is 0 Å². The molecule has 0 bridgehead atoms. The lowest BCUT2D eigenvalue weighted by molar-refractivity contribution is -0.116. The number of hydrogen-bond acceptors (Lipinski definition) is 5. The minimum Gasteiger partial charge on any atom is -0.493 e. The summed E-state index contributed by atoms with van der Waals surface area (Å²) < 4.78 is 12.3. The number of rotatable bonds is 7. The van der Waals surface area contributed by atoms with Crippen molar-refractivity contribution in [1.82, 2.24) is 19.9 Å². The van der Waals surface area contributed by atoms with Gasteiger partial charge in [-0.25, -0.2) is 9.97 Å². The van der Waals surface area contributed by atoms with Gasteiger partial charge in [0.05, 0.1) is 19.2 Å². The molecule has 0 aliphatic rings. The lowest BCUT2D eigenvalue weighted by Crippen LogP contribution is -2.20. The van der Waals surface area contributed by atoms with Crippen LogP contribution in [0.3, 0.4) is 0 Å². The summed E-state index contributed by atoms with van der Waals surface area (Å²) in [4.78, 5) is 20.4. The summed E-state index contributed by atoms with van der Waals surface area (Å²) in [7, 11) is 3.05. The third kappa shape index (κ3) is 4.69. The summed E-state index contributed by atoms with van der Waals surface area (Å²) in [5, 5.41) is 3.22. The number of methoxy groups -OCH3 is 2. The van der Waals surface area contributed by atoms with Gasteiger partial charge in [-0.15, -0.1) is 0 Å². The number of pyridine rings is 1. The third-order valence-electron chi connectivity index (χ3n) is 3.93. The van der Waals surface area contributed by atoms with Crippen LogP contribution in [0.4, 0.5) is 0 Å². The first-order valence-corrected chi connectivity index (χ1v) is 8.79. The molecule has 28 heavy (non-hydrogen) atoms. The number of nitrogens with one attached hydrogen (secondary N) is 1. The van der Waals surface area contributed by atoms with Crippen LogP contribution in [-0.4, -0.2) is 34.7 Å². The molecule has 3 rings (SSSR count). The van der Waals surface area contributed by atoms with Crippen LogP contribution in [0.2, 0.25) is 5.02 Å². The van der Waals surface area contributed by atoms with Crippen LogP contribution in [0.25, 0.3) is 11.9 Å². The Balaban J connectivity index is 1.59. The smallest absolute Gasteiger partial charge is 0.244 e. The highest BCUT2D eigenvalue weighted by Crippen LogP contribution is 2.36. The second-order valence-corrected chi connectivity index (χ2v) is 6.19. The Bertz CT molecular complexity index is 970. The summed E-state index contributed by atoms with van der Waals surface area (Å²) in [6, 6.07) is 7.21. The standard InChI is InChI=1S/C20H19ClN4O3/c1-27-17-10-14(9-16(21)20(17)28-2)4-6-19(26)24-12-15-3-5-18(23-11-15)25-8-7-22-13-25/h3-11,13H,12H2,1-2H3,(H,24,26)/b6-4+. The molecule has 0 unspecified atom stereocenters. The maximum atomic E-state index is 12.1. The van der Waals surface area contributed by atoms with Crippen molar-refractivity contribution >= 4 is 23.6 Å². The highest BCUT2D eigenvalue weighted by atomic mass is 35.5. The number of hydrogen-bond donors (Lipinski definition) is 1. The zero-order valence-electron chi connectivity index (χ0n) is 15.4. The van der Waals surface area contributed by atoms with Crippen molar-refractivity contribution in [2.75, 3.05) is 14.2 Å². The fraction of sp³-hybridized carbons (Fsp3) is 0.150. The van der Waals surface area contributed by atoms with Gasteiger partial charge in [0.2, 0.25) is 5.91 Å². The average molecular weight is 399 g/mol. The van der Waals surface area contributed by atoms with E-state index in [0.29, 0.717) is 23.1 Å². The van der Waals surface area contributed by atoms with E-state index in [4.69, 9.17) is 21.1 Å². The van der Waals surface area contributed by atoms with Crippen molar-refractivity contribution in [3.05, 3.63) is 71.4 Å². The molecule has 0 radical (unpaired) electrons. The molecular formula is C20H19ClN4O3. The molecule has 144 valence electrons. The second-order valence-electron chi connectivity index (χ2n) is 5.78. The van der Waals surface area contributed by atoms with Crippen molar-refractivity contribution in [3.63, 3.8) is 0 Å². The number of carbonyl (C=O) groups excluding carboxylic acids is 1. The summed E-state index contributed by atoms with van der Waals surface area (Å²) in [5.41, 5.74) is 1.61. The Hall–Kier alpha value is -3.32. The maximum Gasteiger partial charge on any atom is 0.244 e. The first kappa shape index (κ1) is 19.4. The van der Waals surface area contributed by atoms with Crippen LogP contribution < -0.4 is 14.8 Å². The van der Waals surface area contributed by atoms with E-state index in [-0.39, 0.29) is 5.91 Å². The van der Waals surface area contributed by atoms with E-state index in [1.807, 2.05) is 18.3 Å². The van der Waals surface area contributed by atoms with E-state index in [9.17, 15) is 4.79 Å². The van der Waals surface area contributed by atoms with Gasteiger partial charge in [-0.05, 0) is 35.4 Å². The van der Waals surface area contributed by atoms with Gasteiger partial charge in [0, 0.05) is 31.2 Å². The molecule has 7 nitrogen and oxygen atoms in total. The third-order valence-corrected chi connectivity index (χ3v) is 4.21. The zero-order chi connectivity index (χ0) is 19.9. The highest BCUT2D eigenvalue weighted by Gasteiger charge is 2.10. The summed E-state index contributed by atoms with van der Waals surface area (Å²) in [5.74, 6) is 1.49. The molecule has 0 saturated carbocycles. The van der Waals surface area contributed by atoms with Crippen molar-refractivity contribution in [1.29, 1.82) is 0 Å². The predicted molar refractivity (Wildman–Crippen MR) is 107 cm³/mol. The van der Waals surface area contributed by atoms with Crippen LogP contribution in [0.15, 0.2) is 55.3 Å². The Morgan fingerprint density at radius 2 is 2.14 bits per heavy atom. The summed E-state index contributed by atoms with van der Waals surface area (Å²) in [6.45, 7) is 0.368. The molecule has 3 aromatic rings. The van der Waals surface area contributed by atoms with E-state index < -0.39 is 0 Å². The molecule has 0 fully saturated rings. The number of halogens is 1. The predicted octanol–water partition coefficient (Wildman–Crippen LogP) is 3.27. The molecule has 0 atom stereocenters. The van der Waals surface area contributed by atoms with Gasteiger partial charge in [0.15, 0.2) is 11.5 Å². The van der Waals surface area contributed by atoms with Gasteiger partial charge in [-0.3, -0.25) is 9.36 Å². The Morgan fingerprint density at radius 3 is 2.79 bits per heavy atom. The molecule has 2 heterocycles. The number of aromatic nitrogens is 3. The lowest BCUT2D eigenvalue weighted by Gasteiger charge is -2.10. The van der Waals surface area contributed by atoms with Crippen LogP contribution >= 0.6 is 11.6 Å². The molecule has 8 heteroatoms. The number of carbonyl (C=O) groups is 1. The fourth-order valence-corrected chi connectivity index (χ4v) is 2.82. The number of ether oxygens (including phenoxy) is 2. The molecule has 2 aromatic heterocycles. The SMILES string of the molecule is COc1cc(/C=C/C(=O)NCc2ccc(-n3ccnc3)nc2)cc(Cl)c1OC. The molecule has 1 amide bonds. The van der Waals surface area contributed by atoms with Crippen LogP contribution in [0, 0.1) is 0 Å². The van der Waals surface area contributed by atoms with E-state index in [1.165, 1.54) is 20.3 Å². The normalized spacial score (nSPS) is 10.8. The molecule has 1 N–H and O–H groups in total. The topological polar surface area (TPSA) is 78.3 Å². The Kier molecular flexibility index (Phi) is 6.29. The number of imidazole rings is 1. The first-order chi connectivity index (χ1) is 13.6. The monoisotopic (exact) mass is 398 g/mol. The maximum absolute atomic E-state index is 12.1. The van der Waals surface area contributed by atoms with Crippen LogP contribution in [-0.2, 0) is 11.3 Å². The molecule has 0 aliphatic carbocycles. The van der Waals surface area contributed by atoms with Crippen molar-refractivity contribution in [3.8, 4) is 17.3 Å². The average Bonchev–Trinajstić information content (AvgIpc) is 3.25. The van der Waals surface area contributed by atoms with E-state index in [2.05, 4.69) is 15.3 Å². The van der Waals surface area contributed by atoms with Crippen molar-refractivity contribution in [2.24, 2.45) is 0 Å². The van der Waals surface area contributed by atoms with Gasteiger partial charge >= 0.3 is 0 Å². The molecule has 0 spiro atoms. The minimum absolute atomic E-state index is 0.232. The summed E-state index contributed by atoms with van der Waals surface area (Å²) in [6.07, 6.45) is 9.99. The fourth-order valence-electron chi connectivity index (χ4n) is 2.52. The first-order valence-electron chi connectivity index (χ1n) is 8.41. The lowest BCUT2D eigenvalue weighted by atomic mass is 10.2. The van der Waals surface area contributed by atoms with Crippen molar-refractivity contribution in [2.45, 2.75) is 6.54 Å². The number of benzene rings is 1. The van der Waals surface area contributed by atoms with Gasteiger partial charge < -0.3 is 14.8 Å². The number of amides is 1. The highest BCUT2D eigenvalue weighted by molar-refractivity contribution is 6.32. The van der Waals surface area contributed by atoms with E-state index in [1.54, 1.807) is 41.5 Å². The largest absolute Gasteiger partial charge is 0.493 e. The zero-order valence-corrected chi connectivity index (χ0v) is 16.2. The van der Waals surface area contributed by atoms with Crippen LogP contribution in [0.1, 0.15) is 11.1 Å². The quantitative estimate of drug-likeness (QED) is 0.618. The van der Waals surface area contributed by atoms with Crippen molar-refractivity contribution < 1.29 is 14.3 Å². The number of nitrogens with zero attached hydrogens (tertiary/aromatic N) is 3. The second kappa shape index (κ2) is 9.05. The Labute approximate surface area is 167 Å². The summed E-state index contributed by atoms with van der Waals surface area (Å²) >= 11 is 6.17. The minimum atomic E-state index is -0.232. The molecule has 0 aliphatic heterocycles. The van der Waals surface area contributed by atoms with E-state index in [0.717, 1.165) is 16.9 Å². The Morgan fingerprint density at radius 1 is 1.29 bits per heavy atom. The van der Waals surface area contributed by atoms with Crippen LogP contribution in [0.5, 0.6) is 11.5 Å². The molecular weight excluding hydrogens is 380 g/mol. The molecule has 1 aromatic carbocycles. The van der Waals surface area contributed by atoms with Gasteiger partial charge in [0.25, 0.3) is 0 Å². The molecule has 0 saturated heterocycles. The van der Waals surface area contributed by atoms with Gasteiger partial charge in [-0.1, -0.05) is 17.7 Å².